The number of nitrogens with zero attached hydrogens (tertiary/aromatic N) is 1. The van der Waals surface area contributed by atoms with Crippen LogP contribution in [0.4, 0.5) is 0 Å². The lowest BCUT2D eigenvalue weighted by molar-refractivity contribution is 0.0981. The van der Waals surface area contributed by atoms with Gasteiger partial charge in [-0.05, 0) is 18.6 Å². The molecule has 0 amide bonds. The zero-order valence-electron chi connectivity index (χ0n) is 10.2. The quantitative estimate of drug-likeness (QED) is 0.607. The van der Waals surface area contributed by atoms with Gasteiger partial charge in [-0.15, -0.1) is 0 Å². The number of Topliss-reactive ketones (excluding diaryl/α,β-unsaturated/α-hetero) is 1. The number of fused-ring (bicyclic) bond motifs is 1. The minimum atomic E-state index is 0.223. The van der Waals surface area contributed by atoms with Crippen molar-refractivity contribution in [2.24, 2.45) is 0 Å². The first-order valence-electron chi connectivity index (χ1n) is 6.28. The van der Waals surface area contributed by atoms with E-state index in [1.54, 1.807) is 12.4 Å². The molecule has 17 heavy (non-hydrogen) atoms. The normalized spacial score (nSPS) is 10.9. The molecule has 0 fully saturated rings. The number of H-pyrrole nitrogens is 1. The average molecular weight is 230 g/mol. The molecule has 0 unspecified atom stereocenters. The second-order valence-electron chi connectivity index (χ2n) is 4.34. The molecule has 2 aromatic heterocycles. The van der Waals surface area contributed by atoms with Crippen molar-refractivity contribution in [1.29, 1.82) is 0 Å². The van der Waals surface area contributed by atoms with E-state index < -0.39 is 0 Å². The molecule has 2 rings (SSSR count). The largest absolute Gasteiger partial charge is 0.345 e. The molecule has 0 saturated heterocycles. The van der Waals surface area contributed by atoms with E-state index in [2.05, 4.69) is 16.9 Å². The lowest BCUT2D eigenvalue weighted by atomic mass is 10.0. The van der Waals surface area contributed by atoms with Gasteiger partial charge in [0.05, 0.1) is 0 Å². The average Bonchev–Trinajstić information content (AvgIpc) is 2.78. The van der Waals surface area contributed by atoms with Gasteiger partial charge >= 0.3 is 0 Å². The van der Waals surface area contributed by atoms with Crippen LogP contribution in [0.1, 0.15) is 49.4 Å². The molecule has 0 aromatic carbocycles. The van der Waals surface area contributed by atoms with Crippen LogP contribution in [0.3, 0.4) is 0 Å². The van der Waals surface area contributed by atoms with E-state index in [9.17, 15) is 4.79 Å². The SMILES string of the molecule is CCCCCCC(=O)c1c[nH]c2ncccc12. The van der Waals surface area contributed by atoms with Crippen LogP contribution >= 0.6 is 0 Å². The van der Waals surface area contributed by atoms with Crippen LogP contribution in [-0.2, 0) is 0 Å². The number of aromatic amines is 1. The summed E-state index contributed by atoms with van der Waals surface area (Å²) in [5.41, 5.74) is 1.58. The third kappa shape index (κ3) is 2.73. The molecule has 0 saturated carbocycles. The van der Waals surface area contributed by atoms with Crippen molar-refractivity contribution in [3.63, 3.8) is 0 Å². The summed E-state index contributed by atoms with van der Waals surface area (Å²) in [4.78, 5) is 19.3. The Bertz CT molecular complexity index is 502. The van der Waals surface area contributed by atoms with E-state index in [4.69, 9.17) is 0 Å². The van der Waals surface area contributed by atoms with E-state index in [0.717, 1.165) is 29.4 Å². The first-order chi connectivity index (χ1) is 8.33. The Hall–Kier alpha value is -1.64. The highest BCUT2D eigenvalue weighted by atomic mass is 16.1. The van der Waals surface area contributed by atoms with E-state index in [0.29, 0.717) is 6.42 Å². The number of ketones is 1. The Morgan fingerprint density at radius 2 is 2.24 bits per heavy atom. The van der Waals surface area contributed by atoms with Gasteiger partial charge in [-0.2, -0.15) is 0 Å². The molecule has 0 radical (unpaired) electrons. The number of pyridine rings is 1. The zero-order valence-corrected chi connectivity index (χ0v) is 10.2. The molecule has 3 nitrogen and oxygen atoms in total. The number of rotatable bonds is 6. The molecule has 1 N–H and O–H groups in total. The minimum Gasteiger partial charge on any atom is -0.345 e. The fraction of sp³-hybridized carbons (Fsp3) is 0.429. The first-order valence-corrected chi connectivity index (χ1v) is 6.28. The summed E-state index contributed by atoms with van der Waals surface area (Å²) in [6.07, 6.45) is 8.69. The third-order valence-corrected chi connectivity index (χ3v) is 3.01. The number of hydrogen-bond acceptors (Lipinski definition) is 2. The predicted molar refractivity (Wildman–Crippen MR) is 69.2 cm³/mol. The lowest BCUT2D eigenvalue weighted by Crippen LogP contribution is -1.97. The highest BCUT2D eigenvalue weighted by Gasteiger charge is 2.11. The van der Waals surface area contributed by atoms with Gasteiger partial charge in [-0.1, -0.05) is 26.2 Å². The molecule has 3 heteroatoms. The van der Waals surface area contributed by atoms with Crippen LogP contribution in [0.15, 0.2) is 24.5 Å². The monoisotopic (exact) mass is 230 g/mol. The number of unbranched alkanes of at least 4 members (excludes halogenated alkanes) is 3. The van der Waals surface area contributed by atoms with Crippen molar-refractivity contribution >= 4 is 16.8 Å². The van der Waals surface area contributed by atoms with Crippen LogP contribution in [-0.4, -0.2) is 15.8 Å². The second kappa shape index (κ2) is 5.62. The van der Waals surface area contributed by atoms with Crippen molar-refractivity contribution in [3.05, 3.63) is 30.1 Å². The number of aromatic nitrogens is 2. The van der Waals surface area contributed by atoms with Crippen LogP contribution in [0.2, 0.25) is 0 Å². The summed E-state index contributed by atoms with van der Waals surface area (Å²) >= 11 is 0. The number of carbonyl (C=O) groups excluding carboxylic acids is 1. The van der Waals surface area contributed by atoms with Crippen molar-refractivity contribution in [2.75, 3.05) is 0 Å². The van der Waals surface area contributed by atoms with Gasteiger partial charge in [0, 0.05) is 29.8 Å². The Morgan fingerprint density at radius 1 is 1.35 bits per heavy atom. The molecule has 0 atom stereocenters. The lowest BCUT2D eigenvalue weighted by Gasteiger charge is -1.99. The maximum Gasteiger partial charge on any atom is 0.165 e. The van der Waals surface area contributed by atoms with Crippen molar-refractivity contribution in [3.8, 4) is 0 Å². The van der Waals surface area contributed by atoms with Crippen molar-refractivity contribution in [1.82, 2.24) is 9.97 Å². The van der Waals surface area contributed by atoms with Gasteiger partial charge in [0.25, 0.3) is 0 Å². The first kappa shape index (κ1) is 11.8. The van der Waals surface area contributed by atoms with Gasteiger partial charge in [-0.3, -0.25) is 4.79 Å². The fourth-order valence-electron chi connectivity index (χ4n) is 2.03. The van der Waals surface area contributed by atoms with Gasteiger partial charge < -0.3 is 4.98 Å². The second-order valence-corrected chi connectivity index (χ2v) is 4.34. The number of carbonyl (C=O) groups is 1. The zero-order chi connectivity index (χ0) is 12.1. The molecule has 0 spiro atoms. The smallest absolute Gasteiger partial charge is 0.165 e. The molecular formula is C14H18N2O. The van der Waals surface area contributed by atoms with Crippen molar-refractivity contribution in [2.45, 2.75) is 39.0 Å². The maximum atomic E-state index is 12.0. The fourth-order valence-corrected chi connectivity index (χ4v) is 2.03. The Balaban J connectivity index is 2.04. The molecule has 0 aliphatic heterocycles. The van der Waals surface area contributed by atoms with Gasteiger partial charge in [0.15, 0.2) is 5.78 Å². The standard InChI is InChI=1S/C14H18N2O/c1-2-3-4-5-8-13(17)12-10-16-14-11(12)7-6-9-15-14/h6-7,9-10H,2-5,8H2,1H3,(H,15,16). The van der Waals surface area contributed by atoms with Crippen LogP contribution in [0, 0.1) is 0 Å². The highest BCUT2D eigenvalue weighted by Crippen LogP contribution is 2.18. The van der Waals surface area contributed by atoms with E-state index in [1.807, 2.05) is 12.1 Å². The minimum absolute atomic E-state index is 0.223. The molecule has 2 aromatic rings. The van der Waals surface area contributed by atoms with Gasteiger partial charge in [-0.25, -0.2) is 4.98 Å². The summed E-state index contributed by atoms with van der Waals surface area (Å²) in [6.45, 7) is 2.17. The predicted octanol–water partition coefficient (Wildman–Crippen LogP) is 3.72. The number of hydrogen-bond donors (Lipinski definition) is 1. The van der Waals surface area contributed by atoms with Crippen LogP contribution in [0.5, 0.6) is 0 Å². The molecular weight excluding hydrogens is 212 g/mol. The number of nitrogens with one attached hydrogen (secondary N) is 1. The molecule has 90 valence electrons. The van der Waals surface area contributed by atoms with Crippen molar-refractivity contribution < 1.29 is 4.79 Å². The Morgan fingerprint density at radius 3 is 3.06 bits per heavy atom. The molecule has 0 aliphatic rings. The third-order valence-electron chi connectivity index (χ3n) is 3.01. The maximum absolute atomic E-state index is 12.0. The molecule has 0 aliphatic carbocycles. The molecule has 0 bridgehead atoms. The van der Waals surface area contributed by atoms with Gasteiger partial charge in [0.2, 0.25) is 0 Å². The summed E-state index contributed by atoms with van der Waals surface area (Å²) in [5.74, 6) is 0.223. The Kier molecular flexibility index (Phi) is 3.91. The topological polar surface area (TPSA) is 45.8 Å². The van der Waals surface area contributed by atoms with E-state index >= 15 is 0 Å². The summed E-state index contributed by atoms with van der Waals surface area (Å²) in [5, 5.41) is 0.938. The highest BCUT2D eigenvalue weighted by molar-refractivity contribution is 6.06. The molecule has 2 heterocycles. The Labute approximate surface area is 101 Å². The van der Waals surface area contributed by atoms with E-state index in [-0.39, 0.29) is 5.78 Å². The van der Waals surface area contributed by atoms with Crippen LogP contribution < -0.4 is 0 Å². The summed E-state index contributed by atoms with van der Waals surface area (Å²) < 4.78 is 0. The van der Waals surface area contributed by atoms with Gasteiger partial charge in [0.1, 0.15) is 5.65 Å². The van der Waals surface area contributed by atoms with Crippen LogP contribution in [0.25, 0.3) is 11.0 Å². The van der Waals surface area contributed by atoms with E-state index in [1.165, 1.54) is 12.8 Å². The summed E-state index contributed by atoms with van der Waals surface area (Å²) in [6, 6.07) is 3.81. The summed E-state index contributed by atoms with van der Waals surface area (Å²) in [7, 11) is 0.